The van der Waals surface area contributed by atoms with Gasteiger partial charge in [-0.25, -0.2) is 0 Å². The fourth-order valence-electron chi connectivity index (χ4n) is 2.91. The van der Waals surface area contributed by atoms with E-state index in [9.17, 15) is 0 Å². The second-order valence-electron chi connectivity index (χ2n) is 5.20. The van der Waals surface area contributed by atoms with Crippen LogP contribution in [0.25, 0.3) is 11.0 Å². The number of nitrogens with one attached hydrogen (secondary N) is 1. The van der Waals surface area contributed by atoms with Gasteiger partial charge in [0.1, 0.15) is 5.58 Å². The SMILES string of the molecule is CNCC1CCN(Cc2coc3ccccc23)C1.Cl. The molecule has 1 aromatic carbocycles. The van der Waals surface area contributed by atoms with Crippen LogP contribution in [0.3, 0.4) is 0 Å². The quantitative estimate of drug-likeness (QED) is 0.933. The molecule has 2 aromatic rings. The summed E-state index contributed by atoms with van der Waals surface area (Å²) < 4.78 is 5.59. The summed E-state index contributed by atoms with van der Waals surface area (Å²) in [6.45, 7) is 4.53. The molecule has 1 atom stereocenters. The van der Waals surface area contributed by atoms with Gasteiger partial charge in [0.05, 0.1) is 6.26 Å². The van der Waals surface area contributed by atoms with Gasteiger partial charge in [-0.05, 0) is 38.5 Å². The van der Waals surface area contributed by atoms with E-state index >= 15 is 0 Å². The molecule has 3 nitrogen and oxygen atoms in total. The van der Waals surface area contributed by atoms with Crippen LogP contribution in [-0.2, 0) is 6.54 Å². The van der Waals surface area contributed by atoms with E-state index in [0.29, 0.717) is 0 Å². The number of hydrogen-bond acceptors (Lipinski definition) is 3. The van der Waals surface area contributed by atoms with Crippen LogP contribution < -0.4 is 5.32 Å². The molecule has 1 saturated heterocycles. The Kier molecular flexibility index (Phi) is 4.86. The van der Waals surface area contributed by atoms with Crippen LogP contribution in [0.1, 0.15) is 12.0 Å². The van der Waals surface area contributed by atoms with Gasteiger partial charge in [0.25, 0.3) is 0 Å². The first kappa shape index (κ1) is 14.4. The minimum atomic E-state index is 0. The van der Waals surface area contributed by atoms with E-state index in [1.165, 1.54) is 30.5 Å². The molecule has 104 valence electrons. The van der Waals surface area contributed by atoms with Crippen LogP contribution in [-0.4, -0.2) is 31.6 Å². The first-order chi connectivity index (χ1) is 8.86. The van der Waals surface area contributed by atoms with E-state index in [1.54, 1.807) is 0 Å². The molecule has 0 saturated carbocycles. The molecular formula is C15H21ClN2O. The molecule has 0 spiro atoms. The molecule has 3 rings (SSSR count). The summed E-state index contributed by atoms with van der Waals surface area (Å²) in [4.78, 5) is 2.53. The Bertz CT molecular complexity index is 526. The van der Waals surface area contributed by atoms with E-state index in [0.717, 1.165) is 24.6 Å². The van der Waals surface area contributed by atoms with Crippen molar-refractivity contribution in [2.45, 2.75) is 13.0 Å². The van der Waals surface area contributed by atoms with Crippen molar-refractivity contribution in [1.29, 1.82) is 0 Å². The summed E-state index contributed by atoms with van der Waals surface area (Å²) in [6.07, 6.45) is 3.21. The Labute approximate surface area is 120 Å². The minimum absolute atomic E-state index is 0. The Morgan fingerprint density at radius 2 is 2.21 bits per heavy atom. The predicted octanol–water partition coefficient (Wildman–Crippen LogP) is 2.90. The van der Waals surface area contributed by atoms with Gasteiger partial charge in [0.2, 0.25) is 0 Å². The monoisotopic (exact) mass is 280 g/mol. The summed E-state index contributed by atoms with van der Waals surface area (Å²) in [7, 11) is 2.03. The lowest BCUT2D eigenvalue weighted by atomic mass is 10.1. The molecule has 1 unspecified atom stereocenters. The summed E-state index contributed by atoms with van der Waals surface area (Å²) >= 11 is 0. The van der Waals surface area contributed by atoms with Crippen molar-refractivity contribution in [2.75, 3.05) is 26.7 Å². The van der Waals surface area contributed by atoms with E-state index in [2.05, 4.69) is 22.3 Å². The van der Waals surface area contributed by atoms with Crippen molar-refractivity contribution in [3.63, 3.8) is 0 Å². The van der Waals surface area contributed by atoms with E-state index in [1.807, 2.05) is 25.4 Å². The van der Waals surface area contributed by atoms with Gasteiger partial charge in [0, 0.05) is 24.0 Å². The van der Waals surface area contributed by atoms with Crippen molar-refractivity contribution in [3.8, 4) is 0 Å². The lowest BCUT2D eigenvalue weighted by molar-refractivity contribution is 0.315. The first-order valence-corrected chi connectivity index (χ1v) is 6.69. The van der Waals surface area contributed by atoms with Crippen molar-refractivity contribution >= 4 is 23.4 Å². The molecule has 1 N–H and O–H groups in total. The van der Waals surface area contributed by atoms with Gasteiger partial charge in [-0.15, -0.1) is 12.4 Å². The fraction of sp³-hybridized carbons (Fsp3) is 0.467. The van der Waals surface area contributed by atoms with Gasteiger partial charge in [0.15, 0.2) is 0 Å². The van der Waals surface area contributed by atoms with Crippen LogP contribution >= 0.6 is 12.4 Å². The molecular weight excluding hydrogens is 260 g/mol. The highest BCUT2D eigenvalue weighted by Crippen LogP contribution is 2.24. The van der Waals surface area contributed by atoms with Crippen molar-refractivity contribution < 1.29 is 4.42 Å². The molecule has 0 radical (unpaired) electrons. The highest BCUT2D eigenvalue weighted by Gasteiger charge is 2.22. The fourth-order valence-corrected chi connectivity index (χ4v) is 2.91. The summed E-state index contributed by atoms with van der Waals surface area (Å²) in [5.41, 5.74) is 2.31. The average molecular weight is 281 g/mol. The Hall–Kier alpha value is -1.03. The number of fused-ring (bicyclic) bond motifs is 1. The van der Waals surface area contributed by atoms with Gasteiger partial charge in [-0.1, -0.05) is 18.2 Å². The summed E-state index contributed by atoms with van der Waals surface area (Å²) in [5.74, 6) is 0.799. The third-order valence-electron chi connectivity index (χ3n) is 3.82. The Balaban J connectivity index is 0.00000133. The number of benzene rings is 1. The molecule has 2 heterocycles. The zero-order chi connectivity index (χ0) is 12.4. The van der Waals surface area contributed by atoms with Crippen LogP contribution in [0.2, 0.25) is 0 Å². The Morgan fingerprint density at radius 3 is 3.05 bits per heavy atom. The lowest BCUT2D eigenvalue weighted by Crippen LogP contribution is -2.24. The molecule has 4 heteroatoms. The zero-order valence-electron chi connectivity index (χ0n) is 11.3. The van der Waals surface area contributed by atoms with Gasteiger partial charge in [-0.2, -0.15) is 0 Å². The molecule has 0 bridgehead atoms. The second-order valence-corrected chi connectivity index (χ2v) is 5.20. The van der Waals surface area contributed by atoms with E-state index in [-0.39, 0.29) is 12.4 Å². The summed E-state index contributed by atoms with van der Waals surface area (Å²) in [6, 6.07) is 8.28. The van der Waals surface area contributed by atoms with Crippen LogP contribution in [0.15, 0.2) is 34.9 Å². The van der Waals surface area contributed by atoms with Gasteiger partial charge < -0.3 is 9.73 Å². The van der Waals surface area contributed by atoms with Crippen molar-refractivity contribution in [3.05, 3.63) is 36.1 Å². The maximum Gasteiger partial charge on any atom is 0.134 e. The van der Waals surface area contributed by atoms with E-state index < -0.39 is 0 Å². The maximum absolute atomic E-state index is 5.59. The molecule has 0 aliphatic carbocycles. The van der Waals surface area contributed by atoms with Crippen LogP contribution in [0.4, 0.5) is 0 Å². The van der Waals surface area contributed by atoms with Gasteiger partial charge >= 0.3 is 0 Å². The second kappa shape index (κ2) is 6.42. The van der Waals surface area contributed by atoms with Crippen molar-refractivity contribution in [2.24, 2.45) is 5.92 Å². The number of rotatable bonds is 4. The summed E-state index contributed by atoms with van der Waals surface area (Å²) in [5, 5.41) is 4.53. The number of hydrogen-bond donors (Lipinski definition) is 1. The first-order valence-electron chi connectivity index (χ1n) is 6.69. The zero-order valence-corrected chi connectivity index (χ0v) is 12.1. The smallest absolute Gasteiger partial charge is 0.134 e. The van der Waals surface area contributed by atoms with Crippen LogP contribution in [0.5, 0.6) is 0 Å². The third-order valence-corrected chi connectivity index (χ3v) is 3.82. The number of para-hydroxylation sites is 1. The highest BCUT2D eigenvalue weighted by atomic mass is 35.5. The van der Waals surface area contributed by atoms with Crippen molar-refractivity contribution in [1.82, 2.24) is 10.2 Å². The molecule has 1 aromatic heterocycles. The minimum Gasteiger partial charge on any atom is -0.464 e. The number of likely N-dealkylation sites (tertiary alicyclic amines) is 1. The third kappa shape index (κ3) is 3.11. The normalized spacial score (nSPS) is 19.7. The standard InChI is InChI=1S/C15H20N2O.ClH/c1-16-8-12-6-7-17(9-12)10-13-11-18-15-5-3-2-4-14(13)15;/h2-5,11-12,16H,6-10H2,1H3;1H. The molecule has 1 fully saturated rings. The van der Waals surface area contributed by atoms with Crippen LogP contribution in [0, 0.1) is 5.92 Å². The number of halogens is 1. The highest BCUT2D eigenvalue weighted by molar-refractivity contribution is 5.85. The molecule has 1 aliphatic rings. The molecule has 1 aliphatic heterocycles. The average Bonchev–Trinajstić information content (AvgIpc) is 2.99. The maximum atomic E-state index is 5.59. The van der Waals surface area contributed by atoms with Gasteiger partial charge in [-0.3, -0.25) is 4.90 Å². The number of nitrogens with zero attached hydrogens (tertiary/aromatic N) is 1. The number of furan rings is 1. The van der Waals surface area contributed by atoms with E-state index in [4.69, 9.17) is 4.42 Å². The Morgan fingerprint density at radius 1 is 1.37 bits per heavy atom. The molecule has 0 amide bonds. The molecule has 19 heavy (non-hydrogen) atoms. The topological polar surface area (TPSA) is 28.4 Å². The predicted molar refractivity (Wildman–Crippen MR) is 80.8 cm³/mol. The lowest BCUT2D eigenvalue weighted by Gasteiger charge is -2.15. The largest absolute Gasteiger partial charge is 0.464 e.